The summed E-state index contributed by atoms with van der Waals surface area (Å²) in [5.74, 6) is 0.726. The lowest BCUT2D eigenvalue weighted by atomic mass is 9.96. The molecule has 1 atom stereocenters. The maximum Gasteiger partial charge on any atom is 0.252 e. The molecule has 1 heterocycles. The minimum atomic E-state index is -0.267. The zero-order valence-corrected chi connectivity index (χ0v) is 16.7. The lowest BCUT2D eigenvalue weighted by Gasteiger charge is -2.27. The third kappa shape index (κ3) is 3.49. The average Bonchev–Trinajstić information content (AvgIpc) is 3.48. The molecule has 1 saturated heterocycles. The van der Waals surface area contributed by atoms with E-state index >= 15 is 0 Å². The zero-order chi connectivity index (χ0) is 19.8. The summed E-state index contributed by atoms with van der Waals surface area (Å²) in [5.41, 5.74) is 2.60. The lowest BCUT2D eigenvalue weighted by Crippen LogP contribution is -2.46. The van der Waals surface area contributed by atoms with Crippen LogP contribution in [0.15, 0.2) is 60.7 Å². The highest BCUT2D eigenvalue weighted by atomic mass is 16.5. The van der Waals surface area contributed by atoms with E-state index in [2.05, 4.69) is 53.1 Å². The van der Waals surface area contributed by atoms with Crippen LogP contribution in [0.5, 0.6) is 5.75 Å². The van der Waals surface area contributed by atoms with E-state index in [1.165, 1.54) is 16.3 Å². The smallest absolute Gasteiger partial charge is 0.252 e. The summed E-state index contributed by atoms with van der Waals surface area (Å²) in [4.78, 5) is 13.2. The number of hydrogen-bond donors (Lipinski definition) is 2. The lowest BCUT2D eigenvalue weighted by molar-refractivity contribution is 0.0930. The zero-order valence-electron chi connectivity index (χ0n) is 16.7. The van der Waals surface area contributed by atoms with Gasteiger partial charge in [0.25, 0.3) is 5.91 Å². The molecule has 1 aliphatic heterocycles. The molecule has 1 amide bonds. The van der Waals surface area contributed by atoms with Gasteiger partial charge >= 0.3 is 0 Å². The summed E-state index contributed by atoms with van der Waals surface area (Å²) in [6.45, 7) is 3.68. The van der Waals surface area contributed by atoms with Gasteiger partial charge in [0.1, 0.15) is 12.4 Å². The third-order valence-electron chi connectivity index (χ3n) is 6.24. The van der Waals surface area contributed by atoms with Gasteiger partial charge < -0.3 is 15.4 Å². The van der Waals surface area contributed by atoms with Crippen LogP contribution in [0.4, 0.5) is 0 Å². The molecule has 0 radical (unpaired) electrons. The van der Waals surface area contributed by atoms with Crippen molar-refractivity contribution in [3.8, 4) is 5.75 Å². The van der Waals surface area contributed by atoms with Crippen LogP contribution >= 0.6 is 0 Å². The fraction of sp³-hybridized carbons (Fsp3) is 0.320. The van der Waals surface area contributed by atoms with Crippen LogP contribution in [0.1, 0.15) is 40.7 Å². The molecule has 0 unspecified atom stereocenters. The second-order valence-electron chi connectivity index (χ2n) is 8.29. The van der Waals surface area contributed by atoms with Crippen LogP contribution in [0.2, 0.25) is 0 Å². The number of rotatable bonds is 6. The number of carbonyl (C=O) groups is 1. The minimum Gasteiger partial charge on any atom is -0.492 e. The molecule has 3 aromatic rings. The van der Waals surface area contributed by atoms with Gasteiger partial charge in [-0.3, -0.25) is 4.79 Å². The molecule has 4 nitrogen and oxygen atoms in total. The Labute approximate surface area is 171 Å². The van der Waals surface area contributed by atoms with Crippen molar-refractivity contribution in [1.82, 2.24) is 10.6 Å². The molecule has 3 aromatic carbocycles. The number of benzene rings is 3. The third-order valence-corrected chi connectivity index (χ3v) is 6.24. The quantitative estimate of drug-likeness (QED) is 0.664. The highest BCUT2D eigenvalue weighted by Gasteiger charge is 2.46. The molecule has 1 aliphatic carbocycles. The number of nitrogens with one attached hydrogen (secondary N) is 2. The maximum absolute atomic E-state index is 13.2. The summed E-state index contributed by atoms with van der Waals surface area (Å²) < 4.78 is 5.90. The van der Waals surface area contributed by atoms with Gasteiger partial charge in [0.05, 0.1) is 5.54 Å². The predicted octanol–water partition coefficient (Wildman–Crippen LogP) is 4.31. The molecule has 29 heavy (non-hydrogen) atoms. The van der Waals surface area contributed by atoms with Crippen LogP contribution in [0.25, 0.3) is 10.8 Å². The van der Waals surface area contributed by atoms with Gasteiger partial charge in [-0.15, -0.1) is 0 Å². The Morgan fingerprint density at radius 2 is 1.93 bits per heavy atom. The van der Waals surface area contributed by atoms with E-state index < -0.39 is 0 Å². The molecule has 0 bridgehead atoms. The number of carbonyl (C=O) groups excluding carboxylic acids is 1. The largest absolute Gasteiger partial charge is 0.492 e. The van der Waals surface area contributed by atoms with Crippen molar-refractivity contribution in [3.05, 3.63) is 77.4 Å². The first-order chi connectivity index (χ1) is 14.1. The molecule has 4 heteroatoms. The second-order valence-corrected chi connectivity index (χ2v) is 8.29. The highest BCUT2D eigenvalue weighted by molar-refractivity contribution is 5.97. The van der Waals surface area contributed by atoms with Crippen molar-refractivity contribution in [2.45, 2.75) is 37.8 Å². The van der Waals surface area contributed by atoms with Gasteiger partial charge in [0.15, 0.2) is 0 Å². The molecule has 2 fully saturated rings. The number of hydrogen-bond acceptors (Lipinski definition) is 3. The number of amides is 1. The summed E-state index contributed by atoms with van der Waals surface area (Å²) in [5, 5.41) is 9.10. The second kappa shape index (κ2) is 7.20. The van der Waals surface area contributed by atoms with Crippen LogP contribution in [0, 0.1) is 6.92 Å². The summed E-state index contributed by atoms with van der Waals surface area (Å²) in [6, 6.07) is 21.0. The highest BCUT2D eigenvalue weighted by Crippen LogP contribution is 2.48. The predicted molar refractivity (Wildman–Crippen MR) is 115 cm³/mol. The van der Waals surface area contributed by atoms with Gasteiger partial charge in [-0.05, 0) is 66.8 Å². The van der Waals surface area contributed by atoms with Crippen molar-refractivity contribution in [1.29, 1.82) is 0 Å². The first-order valence-electron chi connectivity index (χ1n) is 10.4. The van der Waals surface area contributed by atoms with Crippen molar-refractivity contribution in [2.75, 3.05) is 13.2 Å². The first kappa shape index (κ1) is 18.2. The Bertz CT molecular complexity index is 1060. The molecule has 1 saturated carbocycles. The Hall–Kier alpha value is -2.85. The normalized spacial score (nSPS) is 19.4. The van der Waals surface area contributed by atoms with Gasteiger partial charge in [0, 0.05) is 11.6 Å². The van der Waals surface area contributed by atoms with E-state index in [1.54, 1.807) is 0 Å². The molecular weight excluding hydrogens is 360 g/mol. The molecule has 5 rings (SSSR count). The van der Waals surface area contributed by atoms with Crippen LogP contribution in [0.3, 0.4) is 0 Å². The monoisotopic (exact) mass is 386 g/mol. The van der Waals surface area contributed by atoms with Crippen LogP contribution in [-0.2, 0) is 5.54 Å². The summed E-state index contributed by atoms with van der Waals surface area (Å²) in [6.07, 6.45) is 3.08. The Kier molecular flexibility index (Phi) is 4.51. The van der Waals surface area contributed by atoms with Gasteiger partial charge in [0.2, 0.25) is 0 Å². The van der Waals surface area contributed by atoms with Crippen LogP contribution < -0.4 is 15.4 Å². The SMILES string of the molecule is Cc1ccc(OC[C@H]2CCN2)cc1C(=O)NC1(c2cccc3ccccc23)CC1. The Morgan fingerprint density at radius 3 is 2.69 bits per heavy atom. The molecule has 2 aliphatic rings. The number of fused-ring (bicyclic) bond motifs is 1. The van der Waals surface area contributed by atoms with Gasteiger partial charge in [-0.25, -0.2) is 0 Å². The summed E-state index contributed by atoms with van der Waals surface area (Å²) in [7, 11) is 0. The van der Waals surface area contributed by atoms with E-state index in [0.29, 0.717) is 18.2 Å². The first-order valence-corrected chi connectivity index (χ1v) is 10.4. The van der Waals surface area contributed by atoms with Crippen molar-refractivity contribution in [3.63, 3.8) is 0 Å². The standard InChI is InChI=1S/C25H26N2O2/c1-17-9-10-20(29-16-19-11-14-26-19)15-22(17)24(28)27-25(12-13-25)23-8-4-6-18-5-2-3-7-21(18)23/h2-10,15,19,26H,11-14,16H2,1H3,(H,27,28)/t19-/m1/s1. The molecule has 0 aromatic heterocycles. The van der Waals surface area contributed by atoms with Crippen LogP contribution in [-0.4, -0.2) is 25.1 Å². The van der Waals surface area contributed by atoms with E-state index in [1.807, 2.05) is 25.1 Å². The maximum atomic E-state index is 13.2. The van der Waals surface area contributed by atoms with Crippen molar-refractivity contribution >= 4 is 16.7 Å². The Morgan fingerprint density at radius 1 is 1.14 bits per heavy atom. The van der Waals surface area contributed by atoms with E-state index in [4.69, 9.17) is 4.74 Å². The molecular formula is C25H26N2O2. The molecule has 2 N–H and O–H groups in total. The molecule has 0 spiro atoms. The van der Waals surface area contributed by atoms with Gasteiger partial charge in [-0.2, -0.15) is 0 Å². The molecule has 148 valence electrons. The number of ether oxygens (including phenoxy) is 1. The Balaban J connectivity index is 1.38. The van der Waals surface area contributed by atoms with E-state index in [-0.39, 0.29) is 11.4 Å². The van der Waals surface area contributed by atoms with E-state index in [9.17, 15) is 4.79 Å². The fourth-order valence-electron chi connectivity index (χ4n) is 4.14. The number of aryl methyl sites for hydroxylation is 1. The average molecular weight is 386 g/mol. The van der Waals surface area contributed by atoms with E-state index in [0.717, 1.165) is 37.1 Å². The van der Waals surface area contributed by atoms with Crippen molar-refractivity contribution in [2.24, 2.45) is 0 Å². The van der Waals surface area contributed by atoms with Gasteiger partial charge in [-0.1, -0.05) is 48.5 Å². The topological polar surface area (TPSA) is 50.4 Å². The van der Waals surface area contributed by atoms with Crippen molar-refractivity contribution < 1.29 is 9.53 Å². The minimum absolute atomic E-state index is 0.0276. The fourth-order valence-corrected chi connectivity index (χ4v) is 4.14. The summed E-state index contributed by atoms with van der Waals surface area (Å²) >= 11 is 0.